The molecule has 1 aromatic rings. The largest absolute Gasteiger partial charge is 0.455 e. The fourth-order valence-corrected chi connectivity index (χ4v) is 3.70. The van der Waals surface area contributed by atoms with Crippen molar-refractivity contribution in [1.82, 2.24) is 9.88 Å². The number of hydrogen-bond donors (Lipinski definition) is 1. The van der Waals surface area contributed by atoms with E-state index in [1.807, 2.05) is 12.1 Å². The molecule has 1 aromatic heterocycles. The number of hydrogen-bond acceptors (Lipinski definition) is 5. The van der Waals surface area contributed by atoms with E-state index in [-0.39, 0.29) is 5.60 Å². The zero-order valence-electron chi connectivity index (χ0n) is 11.2. The van der Waals surface area contributed by atoms with E-state index in [2.05, 4.69) is 20.2 Å². The van der Waals surface area contributed by atoms with Gasteiger partial charge in [-0.1, -0.05) is 17.7 Å². The zero-order valence-corrected chi connectivity index (χ0v) is 11.9. The van der Waals surface area contributed by atoms with Gasteiger partial charge in [-0.2, -0.15) is 0 Å². The molecule has 4 aliphatic rings. The smallest absolute Gasteiger partial charge is 0.291 e. The van der Waals surface area contributed by atoms with Crippen molar-refractivity contribution in [3.63, 3.8) is 0 Å². The molecule has 0 unspecified atom stereocenters. The van der Waals surface area contributed by atoms with Crippen molar-refractivity contribution < 1.29 is 4.74 Å². The molecule has 4 aliphatic heterocycles. The Labute approximate surface area is 123 Å². The number of amidine groups is 1. The summed E-state index contributed by atoms with van der Waals surface area (Å²) in [5, 5.41) is 3.59. The van der Waals surface area contributed by atoms with Gasteiger partial charge >= 0.3 is 0 Å². The summed E-state index contributed by atoms with van der Waals surface area (Å²) in [5.74, 6) is 1.30. The molecule has 3 saturated heterocycles. The summed E-state index contributed by atoms with van der Waals surface area (Å²) in [7, 11) is 0. The van der Waals surface area contributed by atoms with Gasteiger partial charge in [0, 0.05) is 12.5 Å². The summed E-state index contributed by atoms with van der Waals surface area (Å²) < 4.78 is 6.18. The maximum Gasteiger partial charge on any atom is 0.291 e. The van der Waals surface area contributed by atoms with E-state index >= 15 is 0 Å². The topological polar surface area (TPSA) is 49.8 Å². The number of anilines is 1. The average Bonchev–Trinajstić information content (AvgIpc) is 2.83. The molecule has 0 aliphatic carbocycles. The van der Waals surface area contributed by atoms with Gasteiger partial charge in [0.05, 0.1) is 6.54 Å². The van der Waals surface area contributed by atoms with E-state index in [9.17, 15) is 0 Å². The van der Waals surface area contributed by atoms with Crippen molar-refractivity contribution >= 4 is 23.4 Å². The van der Waals surface area contributed by atoms with Crippen LogP contribution in [0.2, 0.25) is 5.15 Å². The Kier molecular flexibility index (Phi) is 2.86. The molecule has 0 radical (unpaired) electrons. The van der Waals surface area contributed by atoms with Crippen molar-refractivity contribution in [1.29, 1.82) is 0 Å². The van der Waals surface area contributed by atoms with Crippen molar-refractivity contribution in [3.8, 4) is 0 Å². The number of rotatable bonds is 1. The molecular weight excluding hydrogens is 276 g/mol. The fraction of sp³-hybridized carbons (Fsp3) is 0.571. The molecule has 20 heavy (non-hydrogen) atoms. The highest BCUT2D eigenvalue weighted by Crippen LogP contribution is 2.40. The van der Waals surface area contributed by atoms with Crippen LogP contribution in [0.25, 0.3) is 0 Å². The van der Waals surface area contributed by atoms with E-state index in [0.717, 1.165) is 13.1 Å². The lowest BCUT2D eigenvalue weighted by Gasteiger charge is -2.50. The highest BCUT2D eigenvalue weighted by Gasteiger charge is 2.51. The molecule has 3 fully saturated rings. The molecule has 5 nitrogen and oxygen atoms in total. The fourth-order valence-electron chi connectivity index (χ4n) is 3.53. The Bertz CT molecular complexity index is 556. The van der Waals surface area contributed by atoms with Gasteiger partial charge in [-0.3, -0.25) is 10.2 Å². The van der Waals surface area contributed by atoms with Crippen LogP contribution in [0, 0.1) is 5.92 Å². The van der Waals surface area contributed by atoms with Gasteiger partial charge in [-0.25, -0.2) is 9.98 Å². The number of aromatic nitrogens is 1. The predicted octanol–water partition coefficient (Wildman–Crippen LogP) is 2.00. The first-order valence-corrected chi connectivity index (χ1v) is 7.47. The molecule has 5 heterocycles. The minimum absolute atomic E-state index is 0.114. The van der Waals surface area contributed by atoms with Crippen LogP contribution >= 0.6 is 11.6 Å². The number of nitrogens with zero attached hydrogens (tertiary/aromatic N) is 3. The third-order valence-corrected chi connectivity index (χ3v) is 4.77. The molecule has 1 spiro atoms. The van der Waals surface area contributed by atoms with E-state index in [4.69, 9.17) is 16.3 Å². The standard InChI is InChI=1S/C14H17ClN4O/c15-11-2-1-3-12(17-11)18-13-16-8-14(20-13)9-19-6-4-10(14)5-7-19/h1-3,10H,4-9H2,(H,16,17,18)/t14-/m0/s1. The van der Waals surface area contributed by atoms with Crippen LogP contribution in [0.4, 0.5) is 5.82 Å². The second kappa shape index (κ2) is 4.60. The number of piperidine rings is 3. The van der Waals surface area contributed by atoms with Gasteiger partial charge in [0.1, 0.15) is 16.6 Å². The second-order valence-corrected chi connectivity index (χ2v) is 6.20. The lowest BCUT2D eigenvalue weighted by atomic mass is 9.75. The van der Waals surface area contributed by atoms with Gasteiger partial charge in [0.15, 0.2) is 0 Å². The minimum atomic E-state index is -0.114. The molecule has 2 bridgehead atoms. The van der Waals surface area contributed by atoms with Gasteiger partial charge in [-0.15, -0.1) is 0 Å². The molecule has 6 heteroatoms. The highest BCUT2D eigenvalue weighted by molar-refractivity contribution is 6.29. The van der Waals surface area contributed by atoms with Gasteiger partial charge in [0.2, 0.25) is 0 Å². The van der Waals surface area contributed by atoms with Crippen LogP contribution in [-0.2, 0) is 4.74 Å². The second-order valence-electron chi connectivity index (χ2n) is 5.81. The molecule has 0 amide bonds. The zero-order chi connectivity index (χ0) is 13.6. The van der Waals surface area contributed by atoms with Crippen molar-refractivity contribution in [2.45, 2.75) is 18.4 Å². The van der Waals surface area contributed by atoms with Crippen LogP contribution in [0.5, 0.6) is 0 Å². The normalized spacial score (nSPS) is 35.0. The highest BCUT2D eigenvalue weighted by atomic mass is 35.5. The number of fused-ring (bicyclic) bond motifs is 2. The van der Waals surface area contributed by atoms with Gasteiger partial charge in [0.25, 0.3) is 6.02 Å². The van der Waals surface area contributed by atoms with Crippen LogP contribution < -0.4 is 5.32 Å². The number of halogens is 1. The van der Waals surface area contributed by atoms with Crippen LogP contribution in [0.1, 0.15) is 12.8 Å². The lowest BCUT2D eigenvalue weighted by molar-refractivity contribution is -0.0829. The Morgan fingerprint density at radius 3 is 2.90 bits per heavy atom. The molecular formula is C14H17ClN4O. The quantitative estimate of drug-likeness (QED) is 0.805. The van der Waals surface area contributed by atoms with E-state index in [0.29, 0.717) is 22.9 Å². The monoisotopic (exact) mass is 292 g/mol. The predicted molar refractivity (Wildman–Crippen MR) is 78.2 cm³/mol. The van der Waals surface area contributed by atoms with Gasteiger partial charge in [-0.05, 0) is 38.1 Å². The molecule has 5 rings (SSSR count). The summed E-state index contributed by atoms with van der Waals surface area (Å²) in [4.78, 5) is 11.2. The third kappa shape index (κ3) is 2.05. The number of aliphatic imine (C=N–C) groups is 1. The maximum absolute atomic E-state index is 6.18. The number of ether oxygens (including phenoxy) is 1. The van der Waals surface area contributed by atoms with Crippen LogP contribution in [-0.4, -0.2) is 47.7 Å². The van der Waals surface area contributed by atoms with Gasteiger partial charge < -0.3 is 4.74 Å². The first kappa shape index (κ1) is 12.4. The molecule has 106 valence electrons. The lowest BCUT2D eigenvalue weighted by Crippen LogP contribution is -2.61. The SMILES string of the molecule is Clc1cccc(NC2=NC[C@@]3(CN4CCC3CC4)O2)n1. The maximum atomic E-state index is 6.18. The Morgan fingerprint density at radius 1 is 1.35 bits per heavy atom. The van der Waals surface area contributed by atoms with E-state index in [1.54, 1.807) is 6.07 Å². The summed E-state index contributed by atoms with van der Waals surface area (Å²) in [6.07, 6.45) is 2.44. The van der Waals surface area contributed by atoms with E-state index in [1.165, 1.54) is 25.9 Å². The first-order valence-electron chi connectivity index (χ1n) is 7.09. The summed E-state index contributed by atoms with van der Waals surface area (Å²) >= 11 is 5.89. The summed E-state index contributed by atoms with van der Waals surface area (Å²) in [6, 6.07) is 6.05. The summed E-state index contributed by atoms with van der Waals surface area (Å²) in [6.45, 7) is 4.15. The third-order valence-electron chi connectivity index (χ3n) is 4.56. The number of nitrogens with one attached hydrogen (secondary N) is 1. The Balaban J connectivity index is 1.48. The average molecular weight is 293 g/mol. The Morgan fingerprint density at radius 2 is 2.20 bits per heavy atom. The first-order chi connectivity index (χ1) is 9.73. The van der Waals surface area contributed by atoms with Crippen LogP contribution in [0.3, 0.4) is 0 Å². The Hall–Kier alpha value is -1.33. The molecule has 0 aromatic carbocycles. The minimum Gasteiger partial charge on any atom is -0.455 e. The van der Waals surface area contributed by atoms with Crippen molar-refractivity contribution in [3.05, 3.63) is 23.4 Å². The summed E-state index contributed by atoms with van der Waals surface area (Å²) in [5.41, 5.74) is -0.114. The molecule has 0 saturated carbocycles. The molecule has 1 N–H and O–H groups in total. The van der Waals surface area contributed by atoms with Crippen molar-refractivity contribution in [2.24, 2.45) is 10.9 Å². The van der Waals surface area contributed by atoms with Crippen molar-refractivity contribution in [2.75, 3.05) is 31.5 Å². The molecule has 1 atom stereocenters. The number of pyridine rings is 1. The van der Waals surface area contributed by atoms with E-state index < -0.39 is 0 Å². The van der Waals surface area contributed by atoms with Crippen LogP contribution in [0.15, 0.2) is 23.2 Å².